The molecule has 1 aliphatic carbocycles. The molecule has 0 radical (unpaired) electrons. The lowest BCUT2D eigenvalue weighted by Crippen LogP contribution is -2.20. The Hall–Kier alpha value is -2.66. The van der Waals surface area contributed by atoms with Crippen molar-refractivity contribution in [1.29, 1.82) is 0 Å². The van der Waals surface area contributed by atoms with E-state index in [9.17, 15) is 13.2 Å². The Morgan fingerprint density at radius 1 is 0.889 bits per heavy atom. The lowest BCUT2D eigenvalue weighted by atomic mass is 9.96. The second-order valence-electron chi connectivity index (χ2n) is 7.22. The van der Waals surface area contributed by atoms with E-state index in [4.69, 9.17) is 0 Å². The van der Waals surface area contributed by atoms with Crippen LogP contribution in [0.25, 0.3) is 11.3 Å². The molecule has 0 unspecified atom stereocenters. The molecule has 0 saturated carbocycles. The third kappa shape index (κ3) is 2.65. The number of Topliss-reactive ketones (excluding diaryl/α,β-unsaturated/α-hetero) is 1. The Morgan fingerprint density at radius 2 is 1.52 bits per heavy atom. The minimum Gasteiger partial charge on any atom is -0.292 e. The zero-order valence-corrected chi connectivity index (χ0v) is 16.3. The summed E-state index contributed by atoms with van der Waals surface area (Å²) < 4.78 is 28.3. The highest BCUT2D eigenvalue weighted by Crippen LogP contribution is 2.43. The van der Waals surface area contributed by atoms with Crippen LogP contribution in [-0.4, -0.2) is 18.2 Å². The molecular weight excluding hydrogens is 358 g/mol. The van der Waals surface area contributed by atoms with Crippen molar-refractivity contribution >= 4 is 15.8 Å². The summed E-state index contributed by atoms with van der Waals surface area (Å²) in [5, 5.41) is 0. The van der Waals surface area contributed by atoms with E-state index in [0.717, 1.165) is 16.7 Å². The van der Waals surface area contributed by atoms with Gasteiger partial charge in [0.15, 0.2) is 5.78 Å². The van der Waals surface area contributed by atoms with Crippen molar-refractivity contribution in [2.45, 2.75) is 31.6 Å². The van der Waals surface area contributed by atoms with Crippen LogP contribution in [0.5, 0.6) is 0 Å². The van der Waals surface area contributed by atoms with Gasteiger partial charge >= 0.3 is 0 Å². The average Bonchev–Trinajstić information content (AvgIpc) is 3.16. The molecule has 4 nitrogen and oxygen atoms in total. The molecule has 0 N–H and O–H groups in total. The van der Waals surface area contributed by atoms with Gasteiger partial charge in [0.2, 0.25) is 0 Å². The first kappa shape index (κ1) is 17.7. The van der Waals surface area contributed by atoms with E-state index in [2.05, 4.69) is 0 Å². The molecule has 0 spiro atoms. The average molecular weight is 379 g/mol. The van der Waals surface area contributed by atoms with E-state index in [1.165, 1.54) is 3.97 Å². The minimum absolute atomic E-state index is 0.00979. The largest absolute Gasteiger partial charge is 0.292 e. The van der Waals surface area contributed by atoms with Gasteiger partial charge in [-0.3, -0.25) is 4.79 Å². The van der Waals surface area contributed by atoms with E-state index in [1.807, 2.05) is 57.2 Å². The summed E-state index contributed by atoms with van der Waals surface area (Å²) in [6.45, 7) is 5.75. The van der Waals surface area contributed by atoms with E-state index in [0.29, 0.717) is 11.4 Å². The lowest BCUT2D eigenvalue weighted by Gasteiger charge is -2.14. The zero-order chi connectivity index (χ0) is 19.3. The number of carbonyl (C=O) groups excluding carboxylic acids is 1. The van der Waals surface area contributed by atoms with Crippen molar-refractivity contribution in [3.05, 3.63) is 77.5 Å². The fraction of sp³-hybridized carbons (Fsp3) is 0.227. The van der Waals surface area contributed by atoms with Crippen LogP contribution in [-0.2, 0) is 10.0 Å². The molecule has 2 atom stereocenters. The number of nitrogens with zero attached hydrogens (tertiary/aromatic N) is 1. The molecule has 0 amide bonds. The highest BCUT2D eigenvalue weighted by atomic mass is 32.2. The van der Waals surface area contributed by atoms with Crippen LogP contribution in [0, 0.1) is 12.8 Å². The molecule has 0 fully saturated rings. The maximum atomic E-state index is 13.5. The fourth-order valence-corrected chi connectivity index (χ4v) is 5.23. The molecule has 1 aromatic heterocycles. The van der Waals surface area contributed by atoms with Crippen LogP contribution < -0.4 is 0 Å². The number of rotatable bonds is 3. The molecule has 5 heteroatoms. The standard InChI is InChI=1S/C22H21NO3S/c1-14-9-11-18(12-10-14)27(25,26)23-20(17-7-5-4-6-8-17)13-19-15(2)16(3)22(24)21(19)23/h4-13,15-16H,1-3H3/t15-,16+/m0/s1. The highest BCUT2D eigenvalue weighted by Gasteiger charge is 2.41. The first-order valence-corrected chi connectivity index (χ1v) is 10.4. The van der Waals surface area contributed by atoms with Crippen LogP contribution in [0.3, 0.4) is 0 Å². The van der Waals surface area contributed by atoms with Gasteiger partial charge in [-0.2, -0.15) is 0 Å². The van der Waals surface area contributed by atoms with Gasteiger partial charge in [-0.05, 0) is 42.2 Å². The quantitative estimate of drug-likeness (QED) is 0.666. The summed E-state index contributed by atoms with van der Waals surface area (Å²) >= 11 is 0. The minimum atomic E-state index is -3.90. The molecule has 4 rings (SSSR count). The van der Waals surface area contributed by atoms with Crippen molar-refractivity contribution in [2.75, 3.05) is 0 Å². The molecule has 1 aliphatic rings. The molecule has 0 bridgehead atoms. The first-order valence-electron chi connectivity index (χ1n) is 9.00. The van der Waals surface area contributed by atoms with Crippen LogP contribution in [0.2, 0.25) is 0 Å². The van der Waals surface area contributed by atoms with Gasteiger partial charge in [-0.15, -0.1) is 0 Å². The molecule has 3 aromatic rings. The molecule has 0 saturated heterocycles. The Kier molecular flexibility index (Phi) is 4.07. The maximum absolute atomic E-state index is 13.5. The number of hydrogen-bond acceptors (Lipinski definition) is 3. The van der Waals surface area contributed by atoms with Gasteiger partial charge in [-0.1, -0.05) is 61.9 Å². The van der Waals surface area contributed by atoms with Gasteiger partial charge in [-0.25, -0.2) is 12.4 Å². The van der Waals surface area contributed by atoms with E-state index in [-0.39, 0.29) is 22.5 Å². The predicted octanol–water partition coefficient (Wildman–Crippen LogP) is 4.64. The van der Waals surface area contributed by atoms with Gasteiger partial charge in [0.1, 0.15) is 5.69 Å². The summed E-state index contributed by atoms with van der Waals surface area (Å²) in [5.41, 5.74) is 3.40. The molecule has 2 aromatic carbocycles. The van der Waals surface area contributed by atoms with Gasteiger partial charge < -0.3 is 0 Å². The summed E-state index contributed by atoms with van der Waals surface area (Å²) in [7, 11) is -3.90. The molecule has 1 heterocycles. The second-order valence-corrected chi connectivity index (χ2v) is 9.01. The normalized spacial score (nSPS) is 19.3. The zero-order valence-electron chi connectivity index (χ0n) is 15.5. The third-order valence-electron chi connectivity index (χ3n) is 5.50. The van der Waals surface area contributed by atoms with Gasteiger partial charge in [0.25, 0.3) is 10.0 Å². The van der Waals surface area contributed by atoms with Gasteiger partial charge in [0, 0.05) is 5.92 Å². The smallest absolute Gasteiger partial charge is 0.268 e. The van der Waals surface area contributed by atoms with Crippen molar-refractivity contribution < 1.29 is 13.2 Å². The summed E-state index contributed by atoms with van der Waals surface area (Å²) in [5.74, 6) is -0.348. The Labute approximate surface area is 159 Å². The number of aryl methyl sites for hydroxylation is 1. The predicted molar refractivity (Wildman–Crippen MR) is 106 cm³/mol. The number of carbonyl (C=O) groups is 1. The number of ketones is 1. The highest BCUT2D eigenvalue weighted by molar-refractivity contribution is 7.90. The summed E-state index contributed by atoms with van der Waals surface area (Å²) in [6, 6.07) is 17.9. The Bertz CT molecular complexity index is 1130. The van der Waals surface area contributed by atoms with Crippen LogP contribution in [0.1, 0.15) is 41.4 Å². The maximum Gasteiger partial charge on any atom is 0.268 e. The summed E-state index contributed by atoms with van der Waals surface area (Å²) in [6.07, 6.45) is 0. The number of aromatic nitrogens is 1. The Balaban J connectivity index is 2.03. The molecule has 0 aliphatic heterocycles. The monoisotopic (exact) mass is 379 g/mol. The number of hydrogen-bond donors (Lipinski definition) is 0. The van der Waals surface area contributed by atoms with Crippen molar-refractivity contribution in [3.8, 4) is 11.3 Å². The second kappa shape index (κ2) is 6.20. The number of benzene rings is 2. The van der Waals surface area contributed by atoms with Crippen LogP contribution in [0.15, 0.2) is 65.6 Å². The fourth-order valence-electron chi connectivity index (χ4n) is 3.69. The number of fused-ring (bicyclic) bond motifs is 1. The molecule has 27 heavy (non-hydrogen) atoms. The Morgan fingerprint density at radius 3 is 2.15 bits per heavy atom. The van der Waals surface area contributed by atoms with E-state index < -0.39 is 10.0 Å². The van der Waals surface area contributed by atoms with Crippen molar-refractivity contribution in [1.82, 2.24) is 3.97 Å². The van der Waals surface area contributed by atoms with E-state index in [1.54, 1.807) is 24.3 Å². The lowest BCUT2D eigenvalue weighted by molar-refractivity contribution is 0.0931. The topological polar surface area (TPSA) is 56.1 Å². The van der Waals surface area contributed by atoms with Crippen LogP contribution in [0.4, 0.5) is 0 Å². The van der Waals surface area contributed by atoms with E-state index >= 15 is 0 Å². The van der Waals surface area contributed by atoms with Crippen LogP contribution >= 0.6 is 0 Å². The SMILES string of the molecule is Cc1ccc(S(=O)(=O)n2c(-c3ccccc3)cc3c2C(=O)[C@H](C)[C@@H]3C)cc1. The molecule has 138 valence electrons. The first-order chi connectivity index (χ1) is 12.8. The summed E-state index contributed by atoms with van der Waals surface area (Å²) in [4.78, 5) is 13.1. The van der Waals surface area contributed by atoms with Gasteiger partial charge in [0.05, 0.1) is 10.6 Å². The third-order valence-corrected chi connectivity index (χ3v) is 7.23. The van der Waals surface area contributed by atoms with Crippen molar-refractivity contribution in [3.63, 3.8) is 0 Å². The van der Waals surface area contributed by atoms with Crippen molar-refractivity contribution in [2.24, 2.45) is 5.92 Å². The molecular formula is C22H21NO3S.